The molecule has 1 aliphatic carbocycles. The molecule has 0 aromatic carbocycles. The molecule has 0 amide bonds. The number of hydrogen-bond acceptors (Lipinski definition) is 3. The first kappa shape index (κ1) is 15.3. The smallest absolute Gasteiger partial charge is 0.0673 e. The van der Waals surface area contributed by atoms with Crippen molar-refractivity contribution in [3.63, 3.8) is 0 Å². The summed E-state index contributed by atoms with van der Waals surface area (Å²) in [5.74, 6) is 1.52. The van der Waals surface area contributed by atoms with Crippen LogP contribution in [0.15, 0.2) is 0 Å². The van der Waals surface area contributed by atoms with E-state index in [1.165, 1.54) is 19.3 Å². The zero-order valence-corrected chi connectivity index (χ0v) is 13.1. The second-order valence-corrected chi connectivity index (χ2v) is 7.02. The minimum Gasteiger partial charge on any atom is -0.382 e. The van der Waals surface area contributed by atoms with E-state index in [9.17, 15) is 0 Å². The number of rotatable bonds is 8. The molecule has 1 saturated heterocycles. The zero-order valence-electron chi connectivity index (χ0n) is 13.1. The second kappa shape index (κ2) is 6.55. The molecule has 0 spiro atoms. The molecule has 3 unspecified atom stereocenters. The van der Waals surface area contributed by atoms with Crippen molar-refractivity contribution in [2.24, 2.45) is 17.3 Å². The molecule has 1 heterocycles. The van der Waals surface area contributed by atoms with Gasteiger partial charge in [-0.3, -0.25) is 0 Å². The Morgan fingerprint density at radius 1 is 1.32 bits per heavy atom. The lowest BCUT2D eigenvalue weighted by Crippen LogP contribution is -2.44. The van der Waals surface area contributed by atoms with Crippen molar-refractivity contribution >= 4 is 0 Å². The summed E-state index contributed by atoms with van der Waals surface area (Å²) in [7, 11) is 1.82. The van der Waals surface area contributed by atoms with Crippen LogP contribution < -0.4 is 5.32 Å². The lowest BCUT2D eigenvalue weighted by Gasteiger charge is -2.36. The summed E-state index contributed by atoms with van der Waals surface area (Å²) >= 11 is 0. The van der Waals surface area contributed by atoms with Crippen LogP contribution in [-0.2, 0) is 9.47 Å². The van der Waals surface area contributed by atoms with Gasteiger partial charge in [0.2, 0.25) is 0 Å². The Morgan fingerprint density at radius 2 is 2.05 bits per heavy atom. The standard InChI is InChI=1S/C16H31NO2/c1-12(2)10-17-11-16(9-13(3)18-4)7-8-19-15(16)14-5-6-14/h12-15,17H,5-11H2,1-4H3. The van der Waals surface area contributed by atoms with E-state index in [0.29, 0.717) is 23.5 Å². The summed E-state index contributed by atoms with van der Waals surface area (Å²) in [4.78, 5) is 0. The maximum atomic E-state index is 6.10. The van der Waals surface area contributed by atoms with E-state index in [1.54, 1.807) is 0 Å². The van der Waals surface area contributed by atoms with E-state index in [0.717, 1.165) is 32.0 Å². The molecule has 1 aliphatic heterocycles. The highest BCUT2D eigenvalue weighted by Crippen LogP contribution is 2.50. The van der Waals surface area contributed by atoms with Crippen LogP contribution in [0.1, 0.15) is 46.5 Å². The summed E-state index contributed by atoms with van der Waals surface area (Å²) in [6.07, 6.45) is 5.81. The minimum atomic E-state index is 0.297. The van der Waals surface area contributed by atoms with Gasteiger partial charge in [-0.25, -0.2) is 0 Å². The van der Waals surface area contributed by atoms with Gasteiger partial charge in [0.25, 0.3) is 0 Å². The summed E-state index contributed by atoms with van der Waals surface area (Å²) in [5.41, 5.74) is 0.297. The Morgan fingerprint density at radius 3 is 2.63 bits per heavy atom. The number of hydrogen-bond donors (Lipinski definition) is 1. The lowest BCUT2D eigenvalue weighted by atomic mass is 9.74. The third kappa shape index (κ3) is 3.93. The Kier molecular flexibility index (Phi) is 5.27. The van der Waals surface area contributed by atoms with Gasteiger partial charge in [-0.15, -0.1) is 0 Å². The average molecular weight is 269 g/mol. The molecule has 3 atom stereocenters. The zero-order chi connectivity index (χ0) is 13.9. The largest absolute Gasteiger partial charge is 0.382 e. The van der Waals surface area contributed by atoms with Crippen molar-refractivity contribution in [1.29, 1.82) is 0 Å². The van der Waals surface area contributed by atoms with Gasteiger partial charge in [0.05, 0.1) is 12.2 Å². The Bertz CT molecular complexity index is 278. The molecule has 1 saturated carbocycles. The Balaban J connectivity index is 1.98. The van der Waals surface area contributed by atoms with Crippen molar-refractivity contribution in [3.8, 4) is 0 Å². The normalized spacial score (nSPS) is 33.0. The molecule has 0 bridgehead atoms. The van der Waals surface area contributed by atoms with Crippen molar-refractivity contribution in [2.75, 3.05) is 26.8 Å². The van der Waals surface area contributed by atoms with Gasteiger partial charge in [0.1, 0.15) is 0 Å². The predicted octanol–water partition coefficient (Wildman–Crippen LogP) is 2.84. The number of ether oxygens (including phenoxy) is 2. The van der Waals surface area contributed by atoms with E-state index in [-0.39, 0.29) is 0 Å². The highest BCUT2D eigenvalue weighted by atomic mass is 16.5. The molecule has 3 heteroatoms. The fraction of sp³-hybridized carbons (Fsp3) is 1.00. The Hall–Kier alpha value is -0.120. The quantitative estimate of drug-likeness (QED) is 0.735. The van der Waals surface area contributed by atoms with Crippen LogP contribution in [0.5, 0.6) is 0 Å². The van der Waals surface area contributed by atoms with Crippen molar-refractivity contribution in [1.82, 2.24) is 5.32 Å². The molecular formula is C16H31NO2. The maximum absolute atomic E-state index is 6.10. The van der Waals surface area contributed by atoms with E-state index in [4.69, 9.17) is 9.47 Å². The number of methoxy groups -OCH3 is 1. The second-order valence-electron chi connectivity index (χ2n) is 7.02. The predicted molar refractivity (Wildman–Crippen MR) is 78.3 cm³/mol. The van der Waals surface area contributed by atoms with E-state index in [2.05, 4.69) is 26.1 Å². The summed E-state index contributed by atoms with van der Waals surface area (Å²) < 4.78 is 11.6. The Labute approximate surface area is 118 Å². The van der Waals surface area contributed by atoms with Gasteiger partial charge in [0.15, 0.2) is 0 Å². The molecule has 0 aromatic heterocycles. The monoisotopic (exact) mass is 269 g/mol. The van der Waals surface area contributed by atoms with Gasteiger partial charge >= 0.3 is 0 Å². The molecule has 3 nitrogen and oxygen atoms in total. The van der Waals surface area contributed by atoms with Crippen molar-refractivity contribution < 1.29 is 9.47 Å². The first-order chi connectivity index (χ1) is 9.07. The van der Waals surface area contributed by atoms with Crippen LogP contribution in [0.2, 0.25) is 0 Å². The van der Waals surface area contributed by atoms with E-state index in [1.807, 2.05) is 7.11 Å². The maximum Gasteiger partial charge on any atom is 0.0673 e. The third-order valence-corrected chi connectivity index (χ3v) is 4.68. The van der Waals surface area contributed by atoms with Crippen molar-refractivity contribution in [2.45, 2.75) is 58.7 Å². The molecule has 1 N–H and O–H groups in total. The molecular weight excluding hydrogens is 238 g/mol. The van der Waals surface area contributed by atoms with Crippen molar-refractivity contribution in [3.05, 3.63) is 0 Å². The number of nitrogens with one attached hydrogen (secondary N) is 1. The highest BCUT2D eigenvalue weighted by molar-refractivity contribution is 5.01. The third-order valence-electron chi connectivity index (χ3n) is 4.68. The van der Waals surface area contributed by atoms with E-state index < -0.39 is 0 Å². The SMILES string of the molecule is COC(C)CC1(CNCC(C)C)CCOC1C1CC1. The van der Waals surface area contributed by atoms with Gasteiger partial charge in [-0.2, -0.15) is 0 Å². The minimum absolute atomic E-state index is 0.297. The highest BCUT2D eigenvalue weighted by Gasteiger charge is 2.51. The molecule has 2 rings (SSSR count). The van der Waals surface area contributed by atoms with Gasteiger partial charge < -0.3 is 14.8 Å². The van der Waals surface area contributed by atoms with Crippen LogP contribution >= 0.6 is 0 Å². The summed E-state index contributed by atoms with van der Waals surface area (Å²) in [6, 6.07) is 0. The first-order valence-electron chi connectivity index (χ1n) is 7.92. The first-order valence-corrected chi connectivity index (χ1v) is 7.92. The fourth-order valence-corrected chi connectivity index (χ4v) is 3.49. The van der Waals surface area contributed by atoms with Crippen LogP contribution in [0.25, 0.3) is 0 Å². The summed E-state index contributed by atoms with van der Waals surface area (Å²) in [6.45, 7) is 9.83. The topological polar surface area (TPSA) is 30.5 Å². The van der Waals surface area contributed by atoms with Gasteiger partial charge in [-0.1, -0.05) is 13.8 Å². The van der Waals surface area contributed by atoms with Crippen LogP contribution in [0.3, 0.4) is 0 Å². The van der Waals surface area contributed by atoms with E-state index >= 15 is 0 Å². The average Bonchev–Trinajstić information content (AvgIpc) is 3.12. The molecule has 2 fully saturated rings. The molecule has 19 heavy (non-hydrogen) atoms. The molecule has 0 aromatic rings. The molecule has 2 aliphatic rings. The molecule has 112 valence electrons. The van der Waals surface area contributed by atoms with Gasteiger partial charge in [-0.05, 0) is 51.0 Å². The lowest BCUT2D eigenvalue weighted by molar-refractivity contribution is -0.00513. The fourth-order valence-electron chi connectivity index (χ4n) is 3.49. The van der Waals surface area contributed by atoms with Crippen LogP contribution in [-0.4, -0.2) is 39.0 Å². The van der Waals surface area contributed by atoms with Crippen LogP contribution in [0, 0.1) is 17.3 Å². The molecule has 0 radical (unpaired) electrons. The summed E-state index contributed by atoms with van der Waals surface area (Å²) in [5, 5.41) is 3.67. The van der Waals surface area contributed by atoms with Crippen LogP contribution in [0.4, 0.5) is 0 Å². The van der Waals surface area contributed by atoms with Gasteiger partial charge in [0, 0.05) is 25.7 Å².